The molecule has 1 atom stereocenters. The molecule has 0 aromatic heterocycles. The van der Waals surface area contributed by atoms with Gasteiger partial charge in [0, 0.05) is 6.61 Å². The summed E-state index contributed by atoms with van der Waals surface area (Å²) in [7, 11) is -5.13. The molecule has 29 heavy (non-hydrogen) atoms. The number of rotatable bonds is 17. The summed E-state index contributed by atoms with van der Waals surface area (Å²) in [6.45, 7) is 3.24. The van der Waals surface area contributed by atoms with Crippen LogP contribution < -0.4 is 59.1 Å². The van der Waals surface area contributed by atoms with Crippen LogP contribution in [0.25, 0.3) is 0 Å². The number of carbonyl (C=O) groups excluding carboxylic acids is 1. The van der Waals surface area contributed by atoms with E-state index in [1.807, 2.05) is 0 Å². The van der Waals surface area contributed by atoms with Crippen molar-refractivity contribution in [2.75, 3.05) is 13.2 Å². The SMILES string of the molecule is CCCCCCCCCCCCOC(=O)C(CC(=O)O)(OCC)S(=O)(=O)O.[H-].[H-].[Na+].[Na+]. The second-order valence-corrected chi connectivity index (χ2v) is 8.16. The van der Waals surface area contributed by atoms with Crippen LogP contribution in [0.3, 0.4) is 0 Å². The van der Waals surface area contributed by atoms with Crippen molar-refractivity contribution >= 4 is 22.1 Å². The number of hydrogen-bond donors (Lipinski definition) is 2. The van der Waals surface area contributed by atoms with Crippen molar-refractivity contribution in [1.29, 1.82) is 0 Å². The van der Waals surface area contributed by atoms with Gasteiger partial charge in [-0.3, -0.25) is 9.35 Å². The van der Waals surface area contributed by atoms with Gasteiger partial charge in [-0.05, 0) is 13.3 Å². The van der Waals surface area contributed by atoms with Gasteiger partial charge >= 0.3 is 86.1 Å². The van der Waals surface area contributed by atoms with Gasteiger partial charge in [0.15, 0.2) is 0 Å². The maximum Gasteiger partial charge on any atom is 1.00 e. The monoisotopic (exact) mass is 458 g/mol. The van der Waals surface area contributed by atoms with E-state index in [0.29, 0.717) is 6.42 Å². The number of carboxylic acids is 1. The van der Waals surface area contributed by atoms with E-state index in [1.54, 1.807) is 0 Å². The Kier molecular flexibility index (Phi) is 23.1. The smallest absolute Gasteiger partial charge is 1.00 e. The van der Waals surface area contributed by atoms with Crippen LogP contribution in [0.1, 0.15) is 87.3 Å². The summed E-state index contributed by atoms with van der Waals surface area (Å²) < 4.78 is 42.2. The van der Waals surface area contributed by atoms with Crippen molar-refractivity contribution in [3.05, 3.63) is 0 Å². The molecule has 0 aliphatic heterocycles. The zero-order chi connectivity index (χ0) is 20.8. The fourth-order valence-corrected chi connectivity index (χ4v) is 3.59. The van der Waals surface area contributed by atoms with Crippen molar-refractivity contribution in [3.8, 4) is 0 Å². The molecule has 0 aliphatic rings. The van der Waals surface area contributed by atoms with E-state index >= 15 is 0 Å². The van der Waals surface area contributed by atoms with Crippen LogP contribution >= 0.6 is 0 Å². The summed E-state index contributed by atoms with van der Waals surface area (Å²) >= 11 is 0. The van der Waals surface area contributed by atoms with Gasteiger partial charge in [0.1, 0.15) is 6.42 Å². The molecule has 0 aromatic rings. The molecular weight excluding hydrogens is 422 g/mol. The average molecular weight is 459 g/mol. The Hall–Kier alpha value is 0.810. The minimum atomic E-state index is -5.13. The van der Waals surface area contributed by atoms with E-state index in [2.05, 4.69) is 6.92 Å². The van der Waals surface area contributed by atoms with Crippen LogP contribution in [0.5, 0.6) is 0 Å². The Bertz CT molecular complexity index is 553. The minimum Gasteiger partial charge on any atom is -1.00 e. The molecule has 0 aromatic carbocycles. The van der Waals surface area contributed by atoms with Gasteiger partial charge in [-0.2, -0.15) is 8.42 Å². The van der Waals surface area contributed by atoms with Gasteiger partial charge < -0.3 is 17.4 Å². The van der Waals surface area contributed by atoms with Gasteiger partial charge in [0.05, 0.1) is 6.61 Å². The maximum absolute atomic E-state index is 12.1. The van der Waals surface area contributed by atoms with E-state index in [0.717, 1.165) is 19.3 Å². The first-order valence-corrected chi connectivity index (χ1v) is 11.1. The molecule has 8 nitrogen and oxygen atoms in total. The van der Waals surface area contributed by atoms with E-state index < -0.39 is 33.4 Å². The normalized spacial score (nSPS) is 12.9. The van der Waals surface area contributed by atoms with E-state index in [1.165, 1.54) is 45.4 Å². The first-order chi connectivity index (χ1) is 12.7. The van der Waals surface area contributed by atoms with Gasteiger partial charge in [-0.1, -0.05) is 64.7 Å². The largest absolute Gasteiger partial charge is 1.00 e. The second kappa shape index (κ2) is 19.5. The Morgan fingerprint density at radius 1 is 0.897 bits per heavy atom. The third kappa shape index (κ3) is 14.5. The number of carboxylic acid groups (broad SMARTS) is 1. The van der Waals surface area contributed by atoms with Gasteiger partial charge in [-0.15, -0.1) is 0 Å². The molecule has 0 heterocycles. The second-order valence-electron chi connectivity index (χ2n) is 6.55. The van der Waals surface area contributed by atoms with Crippen LogP contribution in [-0.2, 0) is 29.2 Å². The molecular formula is C18H36Na2O8S. The third-order valence-electron chi connectivity index (χ3n) is 4.22. The molecule has 11 heteroatoms. The maximum atomic E-state index is 12.1. The number of hydrogen-bond acceptors (Lipinski definition) is 6. The molecule has 0 radical (unpaired) electrons. The molecule has 2 N–H and O–H groups in total. The topological polar surface area (TPSA) is 127 Å². The van der Waals surface area contributed by atoms with Crippen LogP contribution in [-0.4, -0.2) is 48.2 Å². The number of unbranched alkanes of at least 4 members (excludes halogenated alkanes) is 9. The Morgan fingerprint density at radius 2 is 1.34 bits per heavy atom. The van der Waals surface area contributed by atoms with Crippen LogP contribution in [0.2, 0.25) is 0 Å². The number of aliphatic carboxylic acids is 1. The van der Waals surface area contributed by atoms with E-state index in [4.69, 9.17) is 14.6 Å². The summed E-state index contributed by atoms with van der Waals surface area (Å²) in [5.41, 5.74) is 0. The van der Waals surface area contributed by atoms with E-state index in [9.17, 15) is 22.6 Å². The van der Waals surface area contributed by atoms with Crippen molar-refractivity contribution in [3.63, 3.8) is 0 Å². The number of esters is 1. The van der Waals surface area contributed by atoms with Crippen LogP contribution in [0.15, 0.2) is 0 Å². The molecule has 0 amide bonds. The van der Waals surface area contributed by atoms with Gasteiger partial charge in [0.25, 0.3) is 0 Å². The molecule has 0 saturated carbocycles. The molecule has 1 unspecified atom stereocenters. The summed E-state index contributed by atoms with van der Waals surface area (Å²) in [5, 5.41) is 8.88. The predicted molar refractivity (Wildman–Crippen MR) is 103 cm³/mol. The van der Waals surface area contributed by atoms with Crippen molar-refractivity contribution < 1.29 is 99.1 Å². The first kappa shape index (κ1) is 34.4. The molecule has 0 bridgehead atoms. The van der Waals surface area contributed by atoms with Crippen molar-refractivity contribution in [2.45, 2.75) is 89.4 Å². The fourth-order valence-electron chi connectivity index (χ4n) is 2.75. The molecule has 0 spiro atoms. The zero-order valence-electron chi connectivity index (χ0n) is 20.4. The molecule has 0 fully saturated rings. The summed E-state index contributed by atoms with van der Waals surface area (Å²) in [6, 6.07) is 0. The van der Waals surface area contributed by atoms with Crippen LogP contribution in [0.4, 0.5) is 0 Å². The van der Waals surface area contributed by atoms with Gasteiger partial charge in [-0.25, -0.2) is 4.79 Å². The first-order valence-electron chi connectivity index (χ1n) is 9.71. The quantitative estimate of drug-likeness (QED) is 0.109. The molecule has 0 saturated heterocycles. The molecule has 164 valence electrons. The number of ether oxygens (including phenoxy) is 2. The minimum absolute atomic E-state index is 0. The van der Waals surface area contributed by atoms with Crippen molar-refractivity contribution in [2.24, 2.45) is 0 Å². The van der Waals surface area contributed by atoms with E-state index in [-0.39, 0.29) is 75.2 Å². The number of carbonyl (C=O) groups is 2. The third-order valence-corrected chi connectivity index (χ3v) is 5.48. The standard InChI is InChI=1S/C18H34O8S.2Na.2H/c1-3-5-6-7-8-9-10-11-12-13-14-25-17(21)18(26-4-2,15-16(19)20)27(22,23)24;;;;/h3-15H2,1-2H3,(H,19,20)(H,22,23,24);;;;/q;2*+1;2*-1. The van der Waals surface area contributed by atoms with Gasteiger partial charge in [0.2, 0.25) is 0 Å². The van der Waals surface area contributed by atoms with Crippen LogP contribution in [0, 0.1) is 0 Å². The summed E-state index contributed by atoms with van der Waals surface area (Å²) in [6.07, 6.45) is 9.61. The fraction of sp³-hybridized carbons (Fsp3) is 0.889. The summed E-state index contributed by atoms with van der Waals surface area (Å²) in [5.74, 6) is -3.00. The Labute approximate surface area is 222 Å². The zero-order valence-corrected chi connectivity index (χ0v) is 23.3. The Balaban J connectivity index is -0.000000563. The summed E-state index contributed by atoms with van der Waals surface area (Å²) in [4.78, 5) is 20.2. The van der Waals surface area contributed by atoms with Crippen molar-refractivity contribution in [1.82, 2.24) is 0 Å². The molecule has 0 rings (SSSR count). The Morgan fingerprint density at radius 3 is 1.72 bits per heavy atom. The average Bonchev–Trinajstić information content (AvgIpc) is 2.57. The molecule has 0 aliphatic carbocycles. The predicted octanol–water partition coefficient (Wildman–Crippen LogP) is -2.22.